The second-order valence-electron chi connectivity index (χ2n) is 9.24. The van der Waals surface area contributed by atoms with Crippen molar-refractivity contribution >= 4 is 45.9 Å². The summed E-state index contributed by atoms with van der Waals surface area (Å²) in [5, 5.41) is 6.42. The lowest BCUT2D eigenvalue weighted by molar-refractivity contribution is 0.0368. The number of hydrogen-bond acceptors (Lipinski definition) is 6. The molecule has 0 atom stereocenters. The summed E-state index contributed by atoms with van der Waals surface area (Å²) in [5.74, 6) is 0.763. The molecular formula is C26H30Cl2N4O3S2. The van der Waals surface area contributed by atoms with Crippen LogP contribution in [-0.4, -0.2) is 66.8 Å². The van der Waals surface area contributed by atoms with E-state index in [0.717, 1.165) is 84.5 Å². The van der Waals surface area contributed by atoms with Crippen LogP contribution in [-0.2, 0) is 40.9 Å². The van der Waals surface area contributed by atoms with Gasteiger partial charge in [0.1, 0.15) is 0 Å². The van der Waals surface area contributed by atoms with E-state index in [-0.39, 0.29) is 0 Å². The SMILES string of the molecule is O=[SH](=O)N1CCc2c(c(-c3ccc(Cl)c(SCc4ccc(Cl)cc4)c3)nn2CCCN2CCOCC2)C1. The van der Waals surface area contributed by atoms with Crippen molar-refractivity contribution in [2.24, 2.45) is 0 Å². The molecule has 0 unspecified atom stereocenters. The number of ether oxygens (including phenoxy) is 1. The fourth-order valence-corrected chi connectivity index (χ4v) is 6.66. The minimum atomic E-state index is -2.64. The summed E-state index contributed by atoms with van der Waals surface area (Å²) in [6.07, 6.45) is 1.64. The standard InChI is InChI=1S/C26H30Cl2N4O3S2/c27-21-5-2-19(3-6-21)18-36-25-16-20(4-7-23(25)28)26-22-17-31(37(33)34)11-8-24(22)32(29-26)10-1-9-30-12-14-35-15-13-30/h2-7,16,37H,1,8-15,17-18H2. The van der Waals surface area contributed by atoms with Crippen molar-refractivity contribution in [3.8, 4) is 11.3 Å². The summed E-state index contributed by atoms with van der Waals surface area (Å²) in [6, 6.07) is 13.8. The van der Waals surface area contributed by atoms with Crippen molar-refractivity contribution in [1.29, 1.82) is 0 Å². The molecule has 0 amide bonds. The maximum atomic E-state index is 11.8. The summed E-state index contributed by atoms with van der Waals surface area (Å²) in [7, 11) is -2.64. The Hall–Kier alpha value is -1.59. The molecule has 11 heteroatoms. The second-order valence-corrected chi connectivity index (χ2v) is 12.1. The summed E-state index contributed by atoms with van der Waals surface area (Å²) < 4.78 is 32.6. The molecule has 1 aromatic heterocycles. The van der Waals surface area contributed by atoms with E-state index in [0.29, 0.717) is 29.6 Å². The Labute approximate surface area is 233 Å². The van der Waals surface area contributed by atoms with Gasteiger partial charge < -0.3 is 4.74 Å². The lowest BCUT2D eigenvalue weighted by atomic mass is 10.0. The van der Waals surface area contributed by atoms with Gasteiger partial charge in [0.15, 0.2) is 0 Å². The van der Waals surface area contributed by atoms with Crippen LogP contribution in [0.25, 0.3) is 11.3 Å². The molecule has 2 aliphatic rings. The van der Waals surface area contributed by atoms with Crippen molar-refractivity contribution in [1.82, 2.24) is 19.0 Å². The van der Waals surface area contributed by atoms with E-state index in [1.54, 1.807) is 11.8 Å². The van der Waals surface area contributed by atoms with Gasteiger partial charge in [-0.05, 0) is 36.2 Å². The molecule has 0 saturated carbocycles. The van der Waals surface area contributed by atoms with Gasteiger partial charge in [0.05, 0.1) is 23.9 Å². The zero-order chi connectivity index (χ0) is 25.8. The highest BCUT2D eigenvalue weighted by Crippen LogP contribution is 2.36. The maximum absolute atomic E-state index is 11.8. The van der Waals surface area contributed by atoms with Gasteiger partial charge in [-0.15, -0.1) is 11.8 Å². The van der Waals surface area contributed by atoms with Crippen LogP contribution in [0, 0.1) is 0 Å². The van der Waals surface area contributed by atoms with Gasteiger partial charge >= 0.3 is 0 Å². The molecule has 2 aliphatic heterocycles. The number of morpholine rings is 1. The molecule has 0 bridgehead atoms. The first-order valence-corrected chi connectivity index (χ1v) is 15.3. The first-order valence-electron chi connectivity index (χ1n) is 12.4. The number of rotatable bonds is 9. The molecular weight excluding hydrogens is 551 g/mol. The molecule has 2 aromatic carbocycles. The molecule has 0 aliphatic carbocycles. The van der Waals surface area contributed by atoms with E-state index in [2.05, 4.69) is 15.6 Å². The van der Waals surface area contributed by atoms with Crippen LogP contribution in [0.3, 0.4) is 0 Å². The third-order valence-corrected chi connectivity index (χ3v) is 9.43. The van der Waals surface area contributed by atoms with E-state index in [1.165, 1.54) is 4.31 Å². The van der Waals surface area contributed by atoms with Gasteiger partial charge in [-0.2, -0.15) is 9.40 Å². The largest absolute Gasteiger partial charge is 0.379 e. The van der Waals surface area contributed by atoms with Crippen LogP contribution in [0.5, 0.6) is 0 Å². The van der Waals surface area contributed by atoms with E-state index >= 15 is 0 Å². The lowest BCUT2D eigenvalue weighted by Crippen LogP contribution is -2.37. The third-order valence-electron chi connectivity index (χ3n) is 6.80. The number of thioether (sulfide) groups is 1. The Morgan fingerprint density at radius 3 is 2.54 bits per heavy atom. The zero-order valence-electron chi connectivity index (χ0n) is 20.4. The van der Waals surface area contributed by atoms with Crippen molar-refractivity contribution in [3.63, 3.8) is 0 Å². The van der Waals surface area contributed by atoms with Crippen molar-refractivity contribution < 1.29 is 13.2 Å². The quantitative estimate of drug-likeness (QED) is 0.291. The predicted molar refractivity (Wildman–Crippen MR) is 150 cm³/mol. The number of nitrogens with zero attached hydrogens (tertiary/aromatic N) is 4. The van der Waals surface area contributed by atoms with Crippen molar-refractivity contribution in [3.05, 3.63) is 69.3 Å². The van der Waals surface area contributed by atoms with Gasteiger partial charge in [0.2, 0.25) is 10.9 Å². The van der Waals surface area contributed by atoms with Crippen LogP contribution in [0.1, 0.15) is 23.2 Å². The highest BCUT2D eigenvalue weighted by Gasteiger charge is 2.27. The van der Waals surface area contributed by atoms with Gasteiger partial charge in [-0.3, -0.25) is 9.58 Å². The van der Waals surface area contributed by atoms with Crippen LogP contribution < -0.4 is 0 Å². The fourth-order valence-electron chi connectivity index (χ4n) is 4.80. The normalized spacial score (nSPS) is 16.8. The van der Waals surface area contributed by atoms with Gasteiger partial charge in [0, 0.05) is 78.2 Å². The molecule has 37 heavy (non-hydrogen) atoms. The minimum absolute atomic E-state index is 0.350. The molecule has 3 heterocycles. The van der Waals surface area contributed by atoms with Gasteiger partial charge in [-0.25, -0.2) is 8.42 Å². The Morgan fingerprint density at radius 1 is 1.00 bits per heavy atom. The average molecular weight is 582 g/mol. The number of halogens is 2. The number of benzene rings is 2. The number of fused-ring (bicyclic) bond motifs is 1. The van der Waals surface area contributed by atoms with Gasteiger partial charge in [0.25, 0.3) is 0 Å². The molecule has 0 radical (unpaired) electrons. The zero-order valence-corrected chi connectivity index (χ0v) is 23.7. The van der Waals surface area contributed by atoms with E-state index < -0.39 is 10.9 Å². The van der Waals surface area contributed by atoms with Crippen LogP contribution in [0.15, 0.2) is 47.4 Å². The molecule has 7 nitrogen and oxygen atoms in total. The monoisotopic (exact) mass is 580 g/mol. The summed E-state index contributed by atoms with van der Waals surface area (Å²) >= 11 is 14.2. The molecule has 1 fully saturated rings. The van der Waals surface area contributed by atoms with E-state index in [1.807, 2.05) is 36.4 Å². The number of hydrogen-bond donors (Lipinski definition) is 1. The van der Waals surface area contributed by atoms with E-state index in [9.17, 15) is 8.42 Å². The molecule has 198 valence electrons. The first-order chi connectivity index (χ1) is 18.0. The smallest absolute Gasteiger partial charge is 0.204 e. The van der Waals surface area contributed by atoms with Crippen molar-refractivity contribution in [2.75, 3.05) is 39.4 Å². The fraction of sp³-hybridized carbons (Fsp3) is 0.423. The van der Waals surface area contributed by atoms with Crippen LogP contribution >= 0.6 is 35.0 Å². The first kappa shape index (κ1) is 27.0. The van der Waals surface area contributed by atoms with Gasteiger partial charge in [-0.1, -0.05) is 41.4 Å². The summed E-state index contributed by atoms with van der Waals surface area (Å²) in [6.45, 7) is 6.16. The lowest BCUT2D eigenvalue weighted by Gasteiger charge is -2.26. The Balaban J connectivity index is 1.38. The number of aromatic nitrogens is 2. The highest BCUT2D eigenvalue weighted by atomic mass is 35.5. The molecule has 0 spiro atoms. The van der Waals surface area contributed by atoms with E-state index in [4.69, 9.17) is 33.0 Å². The summed E-state index contributed by atoms with van der Waals surface area (Å²) in [4.78, 5) is 3.39. The molecule has 3 aromatic rings. The predicted octanol–water partition coefficient (Wildman–Crippen LogP) is 4.76. The van der Waals surface area contributed by atoms with Crippen molar-refractivity contribution in [2.45, 2.75) is 36.6 Å². The Bertz CT molecular complexity index is 1300. The molecule has 0 N–H and O–H groups in total. The molecule has 1 saturated heterocycles. The number of thiol groups is 1. The number of aryl methyl sites for hydroxylation is 1. The van der Waals surface area contributed by atoms with Crippen LogP contribution in [0.4, 0.5) is 0 Å². The third kappa shape index (κ3) is 6.71. The molecule has 5 rings (SSSR count). The summed E-state index contributed by atoms with van der Waals surface area (Å²) in [5.41, 5.74) is 5.08. The minimum Gasteiger partial charge on any atom is -0.379 e. The Kier molecular flexibility index (Phi) is 9.13. The average Bonchev–Trinajstić information content (AvgIpc) is 3.27. The van der Waals surface area contributed by atoms with Crippen LogP contribution in [0.2, 0.25) is 10.0 Å². The Morgan fingerprint density at radius 2 is 1.78 bits per heavy atom. The topological polar surface area (TPSA) is 67.7 Å². The highest BCUT2D eigenvalue weighted by molar-refractivity contribution is 7.98. The maximum Gasteiger partial charge on any atom is 0.204 e. The second kappa shape index (κ2) is 12.5.